The molecule has 96 valence electrons. The van der Waals surface area contributed by atoms with Crippen molar-refractivity contribution < 1.29 is 23.6 Å². The van der Waals surface area contributed by atoms with E-state index in [4.69, 9.17) is 21.0 Å². The van der Waals surface area contributed by atoms with Crippen molar-refractivity contribution in [3.63, 3.8) is 0 Å². The minimum atomic E-state index is -4.33. The molecule has 0 heterocycles. The fraction of sp³-hybridized carbons (Fsp3) is 0.875. The minimum absolute atomic E-state index is 0.160. The molecule has 0 aromatic heterocycles. The molecule has 0 rings (SSSR count). The van der Waals surface area contributed by atoms with Gasteiger partial charge < -0.3 is 14.3 Å². The van der Waals surface area contributed by atoms with Crippen LogP contribution in [0.1, 0.15) is 27.2 Å². The zero-order valence-electron chi connectivity index (χ0n) is 9.47. The van der Waals surface area contributed by atoms with Crippen LogP contribution in [0.5, 0.6) is 0 Å². The molecular weight excluding hydrogens is 257 g/mol. The monoisotopic (exact) mass is 273 g/mol. The standard InChI is InChI=1S/C8H17ClNO5P/c1-4-5-14-10-7(6(2)3)8(11)15-16(9,12)13/h6-7,10H,4-5H2,1-3H3,(H,12,13)/t7-/m0/s1. The Labute approximate surface area is 99.5 Å². The van der Waals surface area contributed by atoms with Crippen molar-refractivity contribution in [3.8, 4) is 0 Å². The van der Waals surface area contributed by atoms with Crippen molar-refractivity contribution in [3.05, 3.63) is 0 Å². The van der Waals surface area contributed by atoms with Gasteiger partial charge in [-0.2, -0.15) is 5.48 Å². The van der Waals surface area contributed by atoms with Crippen LogP contribution in [0.3, 0.4) is 0 Å². The summed E-state index contributed by atoms with van der Waals surface area (Å²) >= 11 is 4.94. The Hall–Kier alpha value is -0.130. The Morgan fingerprint density at radius 3 is 2.50 bits per heavy atom. The van der Waals surface area contributed by atoms with E-state index in [-0.39, 0.29) is 5.92 Å². The summed E-state index contributed by atoms with van der Waals surface area (Å²) in [6.07, 6.45) is 0.779. The molecule has 0 fully saturated rings. The highest BCUT2D eigenvalue weighted by Crippen LogP contribution is 2.47. The highest BCUT2D eigenvalue weighted by Gasteiger charge is 2.30. The number of halogens is 1. The Balaban J connectivity index is 4.30. The van der Waals surface area contributed by atoms with Gasteiger partial charge in [0.05, 0.1) is 6.61 Å². The molecule has 0 radical (unpaired) electrons. The lowest BCUT2D eigenvalue weighted by Crippen LogP contribution is -2.41. The summed E-state index contributed by atoms with van der Waals surface area (Å²) in [6.45, 7) is 1.49. The number of carbonyl (C=O) groups excluding carboxylic acids is 1. The van der Waals surface area contributed by atoms with Crippen molar-refractivity contribution in [2.24, 2.45) is 5.92 Å². The van der Waals surface area contributed by atoms with Gasteiger partial charge in [-0.1, -0.05) is 20.8 Å². The first kappa shape index (κ1) is 15.9. The Morgan fingerprint density at radius 1 is 1.56 bits per heavy atom. The van der Waals surface area contributed by atoms with Crippen molar-refractivity contribution in [1.29, 1.82) is 0 Å². The molecule has 0 aliphatic rings. The summed E-state index contributed by atoms with van der Waals surface area (Å²) in [5.74, 6) is -1.07. The van der Waals surface area contributed by atoms with E-state index < -0.39 is 19.0 Å². The van der Waals surface area contributed by atoms with E-state index >= 15 is 0 Å². The van der Waals surface area contributed by atoms with Crippen LogP contribution in [-0.4, -0.2) is 23.5 Å². The van der Waals surface area contributed by atoms with Gasteiger partial charge in [0.1, 0.15) is 6.04 Å². The second-order valence-electron chi connectivity index (χ2n) is 3.55. The van der Waals surface area contributed by atoms with Gasteiger partial charge in [-0.05, 0) is 12.3 Å². The molecule has 0 spiro atoms. The van der Waals surface area contributed by atoms with E-state index in [1.807, 2.05) is 6.92 Å². The topological polar surface area (TPSA) is 84.9 Å². The summed E-state index contributed by atoms with van der Waals surface area (Å²) in [4.78, 5) is 25.1. The second-order valence-corrected chi connectivity index (χ2v) is 5.92. The molecule has 0 bridgehead atoms. The van der Waals surface area contributed by atoms with E-state index in [0.717, 1.165) is 6.42 Å². The number of nitrogens with one attached hydrogen (secondary N) is 1. The number of hydrogen-bond acceptors (Lipinski definition) is 5. The first-order chi connectivity index (χ1) is 7.28. The molecule has 2 N–H and O–H groups in total. The van der Waals surface area contributed by atoms with Crippen LogP contribution in [0.15, 0.2) is 0 Å². The third kappa shape index (κ3) is 7.19. The summed E-state index contributed by atoms with van der Waals surface area (Å²) in [6, 6.07) is -0.828. The van der Waals surface area contributed by atoms with Gasteiger partial charge in [-0.15, -0.1) is 0 Å². The van der Waals surface area contributed by atoms with Crippen LogP contribution < -0.4 is 5.48 Å². The third-order valence-electron chi connectivity index (χ3n) is 1.64. The maximum Gasteiger partial charge on any atom is 0.476 e. The van der Waals surface area contributed by atoms with Crippen LogP contribution in [0, 0.1) is 5.92 Å². The van der Waals surface area contributed by atoms with Gasteiger partial charge >= 0.3 is 12.9 Å². The normalized spacial score (nSPS) is 16.9. The zero-order chi connectivity index (χ0) is 12.8. The lowest BCUT2D eigenvalue weighted by molar-refractivity contribution is -0.143. The van der Waals surface area contributed by atoms with Crippen molar-refractivity contribution in [2.45, 2.75) is 33.2 Å². The van der Waals surface area contributed by atoms with Crippen LogP contribution in [0.25, 0.3) is 0 Å². The molecule has 8 heteroatoms. The lowest BCUT2D eigenvalue weighted by Gasteiger charge is -2.20. The average molecular weight is 274 g/mol. The van der Waals surface area contributed by atoms with E-state index in [1.165, 1.54) is 0 Å². The fourth-order valence-electron chi connectivity index (χ4n) is 0.875. The molecule has 1 unspecified atom stereocenters. The molecule has 0 amide bonds. The summed E-state index contributed by atoms with van der Waals surface area (Å²) < 4.78 is 14.9. The molecule has 0 aliphatic heterocycles. The van der Waals surface area contributed by atoms with E-state index in [1.54, 1.807) is 13.8 Å². The molecular formula is C8H17ClNO5P. The van der Waals surface area contributed by atoms with Gasteiger partial charge in [-0.3, -0.25) is 0 Å². The zero-order valence-corrected chi connectivity index (χ0v) is 11.1. The minimum Gasteiger partial charge on any atom is -0.379 e. The number of hydrogen-bond donors (Lipinski definition) is 2. The second kappa shape index (κ2) is 7.25. The first-order valence-corrected chi connectivity index (χ1v) is 7.39. The number of carbonyl (C=O) groups is 1. The highest BCUT2D eigenvalue weighted by molar-refractivity contribution is 7.80. The number of rotatable bonds is 7. The van der Waals surface area contributed by atoms with E-state index in [9.17, 15) is 9.36 Å². The van der Waals surface area contributed by atoms with Crippen molar-refractivity contribution >= 4 is 24.2 Å². The van der Waals surface area contributed by atoms with Crippen LogP contribution in [-0.2, 0) is 18.7 Å². The molecule has 0 aromatic rings. The quantitative estimate of drug-likeness (QED) is 0.418. The largest absolute Gasteiger partial charge is 0.476 e. The summed E-state index contributed by atoms with van der Waals surface area (Å²) in [5.41, 5.74) is 2.48. The average Bonchev–Trinajstić information content (AvgIpc) is 2.08. The van der Waals surface area contributed by atoms with Crippen LogP contribution >= 0.6 is 18.2 Å². The third-order valence-corrected chi connectivity index (χ3v) is 2.25. The van der Waals surface area contributed by atoms with Gasteiger partial charge in [0.25, 0.3) is 0 Å². The van der Waals surface area contributed by atoms with Gasteiger partial charge in [0.2, 0.25) is 0 Å². The Morgan fingerprint density at radius 2 is 2.12 bits per heavy atom. The molecule has 0 saturated heterocycles. The van der Waals surface area contributed by atoms with Crippen molar-refractivity contribution in [1.82, 2.24) is 5.48 Å². The summed E-state index contributed by atoms with van der Waals surface area (Å²) in [7, 11) is 0. The molecule has 2 atom stereocenters. The van der Waals surface area contributed by atoms with Crippen LogP contribution in [0.4, 0.5) is 0 Å². The Bertz CT molecular complexity index is 267. The van der Waals surface area contributed by atoms with Crippen LogP contribution in [0.2, 0.25) is 0 Å². The van der Waals surface area contributed by atoms with Crippen molar-refractivity contribution in [2.75, 3.05) is 6.61 Å². The summed E-state index contributed by atoms with van der Waals surface area (Å²) in [5, 5.41) is 0. The highest BCUT2D eigenvalue weighted by atomic mass is 35.7. The predicted molar refractivity (Wildman–Crippen MR) is 59.8 cm³/mol. The Kier molecular flexibility index (Phi) is 7.19. The van der Waals surface area contributed by atoms with E-state index in [2.05, 4.69) is 10.0 Å². The molecule has 0 aliphatic carbocycles. The number of hydroxylamine groups is 1. The molecule has 0 saturated carbocycles. The lowest BCUT2D eigenvalue weighted by atomic mass is 10.1. The smallest absolute Gasteiger partial charge is 0.379 e. The van der Waals surface area contributed by atoms with Gasteiger partial charge in [0, 0.05) is 11.2 Å². The maximum absolute atomic E-state index is 11.4. The SMILES string of the molecule is CCCON[C@H](C(=O)OP(=O)(O)Cl)C(C)C. The van der Waals surface area contributed by atoms with Gasteiger partial charge in [0.15, 0.2) is 0 Å². The maximum atomic E-state index is 11.4. The molecule has 16 heavy (non-hydrogen) atoms. The molecule has 6 nitrogen and oxygen atoms in total. The first-order valence-electron chi connectivity index (χ1n) is 4.91. The van der Waals surface area contributed by atoms with Gasteiger partial charge in [-0.25, -0.2) is 9.36 Å². The molecule has 0 aromatic carbocycles. The predicted octanol–water partition coefficient (Wildman–Crippen LogP) is 1.82. The van der Waals surface area contributed by atoms with E-state index in [0.29, 0.717) is 6.61 Å². The fourth-order valence-corrected chi connectivity index (χ4v) is 1.41.